The number of hydrogen-bond acceptors (Lipinski definition) is 5. The first kappa shape index (κ1) is 18.1. The summed E-state index contributed by atoms with van der Waals surface area (Å²) in [6, 6.07) is 13.8. The minimum absolute atomic E-state index is 0.106. The molecule has 0 fully saturated rings. The topological polar surface area (TPSA) is 57.8 Å². The van der Waals surface area contributed by atoms with Crippen LogP contribution in [-0.2, 0) is 4.79 Å². The van der Waals surface area contributed by atoms with E-state index in [1.54, 1.807) is 11.8 Å². The van der Waals surface area contributed by atoms with E-state index in [0.717, 1.165) is 29.6 Å². The predicted octanol–water partition coefficient (Wildman–Crippen LogP) is 3.76. The van der Waals surface area contributed by atoms with Crippen LogP contribution < -0.4 is 10.3 Å². The fourth-order valence-electron chi connectivity index (χ4n) is 2.12. The Morgan fingerprint density at radius 3 is 2.67 bits per heavy atom. The number of thioether (sulfide) groups is 1. The second-order valence-corrected chi connectivity index (χ2v) is 6.22. The van der Waals surface area contributed by atoms with Crippen LogP contribution in [0.15, 0.2) is 56.9 Å². The van der Waals surface area contributed by atoms with Crippen molar-refractivity contribution in [2.24, 2.45) is 5.10 Å². The summed E-state index contributed by atoms with van der Waals surface area (Å²) in [5, 5.41) is 3.95. The van der Waals surface area contributed by atoms with Gasteiger partial charge in [0.15, 0.2) is 5.88 Å². The molecule has 2 aromatic rings. The van der Waals surface area contributed by atoms with Gasteiger partial charge in [0.1, 0.15) is 5.76 Å². The summed E-state index contributed by atoms with van der Waals surface area (Å²) >= 11 is 1.65. The van der Waals surface area contributed by atoms with Crippen molar-refractivity contribution in [1.82, 2.24) is 5.43 Å². The van der Waals surface area contributed by atoms with Crippen LogP contribution in [0.25, 0.3) is 0 Å². The van der Waals surface area contributed by atoms with Crippen LogP contribution >= 0.6 is 11.8 Å². The molecule has 128 valence electrons. The zero-order valence-electron chi connectivity index (χ0n) is 14.1. The van der Waals surface area contributed by atoms with Crippen LogP contribution in [0.4, 0.5) is 5.88 Å². The largest absolute Gasteiger partial charge is 0.440 e. The van der Waals surface area contributed by atoms with Gasteiger partial charge in [0.05, 0.1) is 6.21 Å². The van der Waals surface area contributed by atoms with Gasteiger partial charge in [-0.1, -0.05) is 18.2 Å². The quantitative estimate of drug-likeness (QED) is 0.427. The van der Waals surface area contributed by atoms with Crippen molar-refractivity contribution in [2.75, 3.05) is 23.7 Å². The first-order valence-electron chi connectivity index (χ1n) is 8.07. The van der Waals surface area contributed by atoms with E-state index in [9.17, 15) is 4.79 Å². The number of benzene rings is 1. The molecular formula is C18H23N3O2S. The van der Waals surface area contributed by atoms with Gasteiger partial charge in [-0.05, 0) is 32.0 Å². The molecule has 0 spiro atoms. The second-order valence-electron chi connectivity index (χ2n) is 5.05. The van der Waals surface area contributed by atoms with E-state index >= 15 is 0 Å². The molecule has 0 atom stereocenters. The fraction of sp³-hybridized carbons (Fsp3) is 0.333. The maximum Gasteiger partial charge on any atom is 0.240 e. The van der Waals surface area contributed by atoms with Crippen molar-refractivity contribution in [2.45, 2.75) is 25.2 Å². The zero-order chi connectivity index (χ0) is 17.2. The first-order valence-corrected chi connectivity index (χ1v) is 9.06. The van der Waals surface area contributed by atoms with Gasteiger partial charge in [-0.15, -0.1) is 11.8 Å². The number of anilines is 1. The van der Waals surface area contributed by atoms with E-state index in [1.807, 2.05) is 42.5 Å². The van der Waals surface area contributed by atoms with E-state index < -0.39 is 0 Å². The molecule has 24 heavy (non-hydrogen) atoms. The van der Waals surface area contributed by atoms with Crippen LogP contribution in [0.5, 0.6) is 0 Å². The third-order valence-corrected chi connectivity index (χ3v) is 4.42. The van der Waals surface area contributed by atoms with Gasteiger partial charge in [0, 0.05) is 36.2 Å². The number of nitrogens with one attached hydrogen (secondary N) is 1. The van der Waals surface area contributed by atoms with Crippen molar-refractivity contribution >= 4 is 29.8 Å². The van der Waals surface area contributed by atoms with Crippen LogP contribution in [0, 0.1) is 0 Å². The molecule has 0 saturated carbocycles. The molecule has 0 saturated heterocycles. The predicted molar refractivity (Wildman–Crippen MR) is 99.8 cm³/mol. The smallest absolute Gasteiger partial charge is 0.240 e. The summed E-state index contributed by atoms with van der Waals surface area (Å²) in [6.45, 7) is 5.92. The van der Waals surface area contributed by atoms with Gasteiger partial charge in [-0.25, -0.2) is 5.43 Å². The van der Waals surface area contributed by atoms with E-state index in [4.69, 9.17) is 4.42 Å². The van der Waals surface area contributed by atoms with E-state index in [1.165, 1.54) is 6.21 Å². The third-order valence-electron chi connectivity index (χ3n) is 3.41. The Labute approximate surface area is 147 Å². The maximum absolute atomic E-state index is 11.8. The molecule has 0 radical (unpaired) electrons. The summed E-state index contributed by atoms with van der Waals surface area (Å²) in [7, 11) is 0. The SMILES string of the molecule is CCN(CC)c1ccc(/C=N\NC(=O)CCSc2ccccc2)o1. The van der Waals surface area contributed by atoms with Crippen LogP contribution in [0.3, 0.4) is 0 Å². The second kappa shape index (κ2) is 9.82. The highest BCUT2D eigenvalue weighted by Gasteiger charge is 2.06. The number of hydrazone groups is 1. The number of amides is 1. The van der Waals surface area contributed by atoms with Gasteiger partial charge in [0.25, 0.3) is 0 Å². The van der Waals surface area contributed by atoms with Crippen LogP contribution in [-0.4, -0.2) is 31.0 Å². The summed E-state index contributed by atoms with van der Waals surface area (Å²) in [6.07, 6.45) is 1.94. The number of carbonyl (C=O) groups is 1. The van der Waals surface area contributed by atoms with Crippen molar-refractivity contribution in [3.8, 4) is 0 Å². The molecule has 2 rings (SSSR count). The monoisotopic (exact) mass is 345 g/mol. The van der Waals surface area contributed by atoms with Gasteiger partial charge in [-0.3, -0.25) is 4.79 Å². The van der Waals surface area contributed by atoms with Crippen molar-refractivity contribution in [3.05, 3.63) is 48.2 Å². The number of hydrogen-bond donors (Lipinski definition) is 1. The zero-order valence-corrected chi connectivity index (χ0v) is 14.9. The average molecular weight is 345 g/mol. The lowest BCUT2D eigenvalue weighted by Crippen LogP contribution is -2.20. The molecule has 0 unspecified atom stereocenters. The number of rotatable bonds is 9. The Morgan fingerprint density at radius 1 is 1.21 bits per heavy atom. The molecule has 1 amide bonds. The third kappa shape index (κ3) is 5.77. The van der Waals surface area contributed by atoms with Crippen LogP contribution in [0.2, 0.25) is 0 Å². The number of carbonyl (C=O) groups excluding carboxylic acids is 1. The molecule has 0 aliphatic heterocycles. The van der Waals surface area contributed by atoms with E-state index in [-0.39, 0.29) is 5.91 Å². The lowest BCUT2D eigenvalue weighted by molar-refractivity contribution is -0.120. The van der Waals surface area contributed by atoms with Crippen molar-refractivity contribution in [3.63, 3.8) is 0 Å². The highest BCUT2D eigenvalue weighted by atomic mass is 32.2. The fourth-order valence-corrected chi connectivity index (χ4v) is 2.99. The minimum Gasteiger partial charge on any atom is -0.440 e. The van der Waals surface area contributed by atoms with Gasteiger partial charge >= 0.3 is 0 Å². The number of nitrogens with zero attached hydrogens (tertiary/aromatic N) is 2. The molecular weight excluding hydrogens is 322 g/mol. The lowest BCUT2D eigenvalue weighted by atomic mass is 10.4. The minimum atomic E-state index is -0.106. The molecule has 0 aliphatic rings. The summed E-state index contributed by atoms with van der Waals surface area (Å²) < 4.78 is 5.67. The summed E-state index contributed by atoms with van der Waals surface area (Å²) in [5.41, 5.74) is 2.53. The molecule has 6 heteroatoms. The summed E-state index contributed by atoms with van der Waals surface area (Å²) in [5.74, 6) is 2.05. The molecule has 0 bridgehead atoms. The normalized spacial score (nSPS) is 10.9. The summed E-state index contributed by atoms with van der Waals surface area (Å²) in [4.78, 5) is 15.0. The Kier molecular flexibility index (Phi) is 7.42. The average Bonchev–Trinajstić information content (AvgIpc) is 3.06. The molecule has 0 aliphatic carbocycles. The highest BCUT2D eigenvalue weighted by Crippen LogP contribution is 2.18. The van der Waals surface area contributed by atoms with Gasteiger partial charge in [-0.2, -0.15) is 5.10 Å². The van der Waals surface area contributed by atoms with Crippen molar-refractivity contribution in [1.29, 1.82) is 0 Å². The van der Waals surface area contributed by atoms with Crippen molar-refractivity contribution < 1.29 is 9.21 Å². The molecule has 5 nitrogen and oxygen atoms in total. The Balaban J connectivity index is 1.72. The number of furan rings is 1. The standard InChI is InChI=1S/C18H23N3O2S/c1-3-21(4-2)18-11-10-15(23-18)14-19-20-17(22)12-13-24-16-8-6-5-7-9-16/h5-11,14H,3-4,12-13H2,1-2H3,(H,20,22)/b19-14-. The Morgan fingerprint density at radius 2 is 1.96 bits per heavy atom. The Bertz CT molecular complexity index is 651. The van der Waals surface area contributed by atoms with Gasteiger partial charge in [0.2, 0.25) is 5.91 Å². The highest BCUT2D eigenvalue weighted by molar-refractivity contribution is 7.99. The maximum atomic E-state index is 11.8. The van der Waals surface area contributed by atoms with E-state index in [2.05, 4.69) is 29.3 Å². The van der Waals surface area contributed by atoms with E-state index in [0.29, 0.717) is 12.2 Å². The molecule has 1 aromatic heterocycles. The molecule has 1 N–H and O–H groups in total. The molecule has 1 heterocycles. The van der Waals surface area contributed by atoms with Crippen LogP contribution in [0.1, 0.15) is 26.0 Å². The Hall–Kier alpha value is -2.21. The van der Waals surface area contributed by atoms with Gasteiger partial charge < -0.3 is 9.32 Å². The molecule has 1 aromatic carbocycles. The first-order chi connectivity index (χ1) is 11.7. The lowest BCUT2D eigenvalue weighted by Gasteiger charge is -2.16.